The molecule has 6 heteroatoms. The molecule has 1 saturated heterocycles. The Kier molecular flexibility index (Phi) is 3.18. The predicted molar refractivity (Wildman–Crippen MR) is 88.9 cm³/mol. The van der Waals surface area contributed by atoms with Gasteiger partial charge in [-0.2, -0.15) is 0 Å². The first-order valence-electron chi connectivity index (χ1n) is 7.92. The van der Waals surface area contributed by atoms with Crippen molar-refractivity contribution in [2.24, 2.45) is 5.92 Å². The van der Waals surface area contributed by atoms with Crippen LogP contribution in [0.5, 0.6) is 0 Å². The molecule has 3 atom stereocenters. The standard InChI is InChI=1S/C18H18N4O2/c1-11-7-9-13(10-8-11)18(24)16(12(2)17(23)19-18)22-15-6-4-3-5-14(15)20-21-22/h3-10,12,16,24H,1-2H3,(H,19,23). The average Bonchev–Trinajstić information content (AvgIpc) is 3.08. The summed E-state index contributed by atoms with van der Waals surface area (Å²) >= 11 is 0. The van der Waals surface area contributed by atoms with Crippen LogP contribution in [0.15, 0.2) is 48.5 Å². The molecule has 6 nitrogen and oxygen atoms in total. The largest absolute Gasteiger partial charge is 0.365 e. The SMILES string of the molecule is Cc1ccc(C2(O)NC(=O)C(C)C2n2nnc3ccccc32)cc1. The highest BCUT2D eigenvalue weighted by molar-refractivity contribution is 5.83. The van der Waals surface area contributed by atoms with Crippen LogP contribution in [-0.4, -0.2) is 26.0 Å². The molecule has 0 aliphatic carbocycles. The van der Waals surface area contributed by atoms with Gasteiger partial charge in [0.25, 0.3) is 0 Å². The Morgan fingerprint density at radius 1 is 1.17 bits per heavy atom. The van der Waals surface area contributed by atoms with Crippen molar-refractivity contribution in [2.45, 2.75) is 25.6 Å². The third kappa shape index (κ3) is 2.03. The summed E-state index contributed by atoms with van der Waals surface area (Å²) in [6.07, 6.45) is 0. The molecule has 1 amide bonds. The van der Waals surface area contributed by atoms with Gasteiger partial charge in [0.15, 0.2) is 5.72 Å². The number of para-hydroxylation sites is 1. The van der Waals surface area contributed by atoms with Crippen molar-refractivity contribution in [3.8, 4) is 0 Å². The molecule has 122 valence electrons. The molecular formula is C18H18N4O2. The second-order valence-corrected chi connectivity index (χ2v) is 6.38. The Bertz CT molecular complexity index is 918. The molecule has 0 saturated carbocycles. The van der Waals surface area contributed by atoms with Gasteiger partial charge < -0.3 is 10.4 Å². The molecule has 3 unspecified atom stereocenters. The molecule has 2 aromatic carbocycles. The molecular weight excluding hydrogens is 304 g/mol. The van der Waals surface area contributed by atoms with Gasteiger partial charge in [-0.15, -0.1) is 5.10 Å². The summed E-state index contributed by atoms with van der Waals surface area (Å²) in [5, 5.41) is 22.5. The van der Waals surface area contributed by atoms with Crippen LogP contribution in [0.1, 0.15) is 24.1 Å². The third-order valence-electron chi connectivity index (χ3n) is 4.76. The monoisotopic (exact) mass is 322 g/mol. The van der Waals surface area contributed by atoms with Crippen molar-refractivity contribution in [1.82, 2.24) is 20.3 Å². The summed E-state index contributed by atoms with van der Waals surface area (Å²) in [5.74, 6) is -0.649. The first kappa shape index (κ1) is 14.8. The van der Waals surface area contributed by atoms with Crippen molar-refractivity contribution in [3.05, 3.63) is 59.7 Å². The van der Waals surface area contributed by atoms with E-state index in [-0.39, 0.29) is 5.91 Å². The van der Waals surface area contributed by atoms with Crippen molar-refractivity contribution < 1.29 is 9.90 Å². The van der Waals surface area contributed by atoms with E-state index in [1.807, 2.05) is 55.5 Å². The highest BCUT2D eigenvalue weighted by Crippen LogP contribution is 2.42. The summed E-state index contributed by atoms with van der Waals surface area (Å²) in [7, 11) is 0. The molecule has 1 aliphatic heterocycles. The van der Waals surface area contributed by atoms with E-state index in [0.717, 1.165) is 16.6 Å². The number of aliphatic hydroxyl groups is 1. The molecule has 2 N–H and O–H groups in total. The zero-order valence-corrected chi connectivity index (χ0v) is 13.5. The normalized spacial score (nSPS) is 26.7. The zero-order valence-electron chi connectivity index (χ0n) is 13.5. The van der Waals surface area contributed by atoms with E-state index in [2.05, 4.69) is 15.6 Å². The molecule has 1 fully saturated rings. The van der Waals surface area contributed by atoms with Gasteiger partial charge in [-0.05, 0) is 19.1 Å². The maximum Gasteiger partial charge on any atom is 0.227 e. The van der Waals surface area contributed by atoms with Crippen molar-refractivity contribution >= 4 is 16.9 Å². The van der Waals surface area contributed by atoms with E-state index >= 15 is 0 Å². The van der Waals surface area contributed by atoms with Crippen LogP contribution in [0.25, 0.3) is 11.0 Å². The molecule has 0 spiro atoms. The lowest BCUT2D eigenvalue weighted by Crippen LogP contribution is -2.44. The van der Waals surface area contributed by atoms with Gasteiger partial charge in [-0.3, -0.25) is 4.79 Å². The average molecular weight is 322 g/mol. The van der Waals surface area contributed by atoms with E-state index in [1.165, 1.54) is 0 Å². The minimum Gasteiger partial charge on any atom is -0.365 e. The van der Waals surface area contributed by atoms with Crippen molar-refractivity contribution in [2.75, 3.05) is 0 Å². The molecule has 1 aliphatic rings. The van der Waals surface area contributed by atoms with Gasteiger partial charge in [0, 0.05) is 5.56 Å². The van der Waals surface area contributed by atoms with Gasteiger partial charge >= 0.3 is 0 Å². The fourth-order valence-corrected chi connectivity index (χ4v) is 3.41. The predicted octanol–water partition coefficient (Wildman–Crippen LogP) is 1.89. The molecule has 24 heavy (non-hydrogen) atoms. The Morgan fingerprint density at radius 2 is 1.88 bits per heavy atom. The number of aromatic nitrogens is 3. The number of benzene rings is 2. The number of carbonyl (C=O) groups is 1. The second kappa shape index (κ2) is 5.14. The number of fused-ring (bicyclic) bond motifs is 1. The number of carbonyl (C=O) groups excluding carboxylic acids is 1. The Labute approximate surface area is 139 Å². The fourth-order valence-electron chi connectivity index (χ4n) is 3.41. The van der Waals surface area contributed by atoms with Crippen molar-refractivity contribution in [3.63, 3.8) is 0 Å². The van der Waals surface area contributed by atoms with Crippen LogP contribution in [0.2, 0.25) is 0 Å². The summed E-state index contributed by atoms with van der Waals surface area (Å²) < 4.78 is 1.65. The maximum atomic E-state index is 12.3. The molecule has 4 rings (SSSR count). The Hall–Kier alpha value is -2.73. The van der Waals surface area contributed by atoms with Crippen LogP contribution in [0, 0.1) is 12.8 Å². The van der Waals surface area contributed by atoms with Crippen LogP contribution in [0.3, 0.4) is 0 Å². The molecule has 1 aromatic heterocycles. The van der Waals surface area contributed by atoms with Gasteiger partial charge in [0.05, 0.1) is 11.4 Å². The van der Waals surface area contributed by atoms with Crippen LogP contribution >= 0.6 is 0 Å². The minimum absolute atomic E-state index is 0.206. The van der Waals surface area contributed by atoms with E-state index in [0.29, 0.717) is 5.56 Å². The zero-order chi connectivity index (χ0) is 16.9. The summed E-state index contributed by atoms with van der Waals surface area (Å²) in [4.78, 5) is 12.3. The molecule has 2 heterocycles. The first-order chi connectivity index (χ1) is 11.5. The number of hydrogen-bond donors (Lipinski definition) is 2. The topological polar surface area (TPSA) is 80.0 Å². The highest BCUT2D eigenvalue weighted by atomic mass is 16.3. The lowest BCUT2D eigenvalue weighted by Gasteiger charge is -2.31. The second-order valence-electron chi connectivity index (χ2n) is 6.38. The lowest BCUT2D eigenvalue weighted by molar-refractivity contribution is -0.124. The lowest BCUT2D eigenvalue weighted by atomic mass is 9.90. The van der Waals surface area contributed by atoms with Gasteiger partial charge in [-0.25, -0.2) is 4.68 Å². The Morgan fingerprint density at radius 3 is 2.62 bits per heavy atom. The van der Waals surface area contributed by atoms with Crippen LogP contribution < -0.4 is 5.32 Å². The quantitative estimate of drug-likeness (QED) is 0.755. The maximum absolute atomic E-state index is 12.3. The van der Waals surface area contributed by atoms with E-state index in [4.69, 9.17) is 0 Å². The van der Waals surface area contributed by atoms with Gasteiger partial charge in [0.1, 0.15) is 11.6 Å². The number of rotatable bonds is 2. The minimum atomic E-state index is -1.53. The number of amides is 1. The summed E-state index contributed by atoms with van der Waals surface area (Å²) in [6, 6.07) is 14.4. The number of nitrogens with zero attached hydrogens (tertiary/aromatic N) is 3. The van der Waals surface area contributed by atoms with Gasteiger partial charge in [-0.1, -0.05) is 54.1 Å². The smallest absolute Gasteiger partial charge is 0.227 e. The number of hydrogen-bond acceptors (Lipinski definition) is 4. The number of nitrogens with one attached hydrogen (secondary N) is 1. The summed E-state index contributed by atoms with van der Waals surface area (Å²) in [5.41, 5.74) is 1.71. The molecule has 0 radical (unpaired) electrons. The van der Waals surface area contributed by atoms with Crippen molar-refractivity contribution in [1.29, 1.82) is 0 Å². The molecule has 0 bridgehead atoms. The third-order valence-corrected chi connectivity index (χ3v) is 4.76. The molecule has 3 aromatic rings. The first-order valence-corrected chi connectivity index (χ1v) is 7.92. The number of aryl methyl sites for hydroxylation is 1. The van der Waals surface area contributed by atoms with E-state index < -0.39 is 17.7 Å². The van der Waals surface area contributed by atoms with Crippen LogP contribution in [-0.2, 0) is 10.5 Å². The Balaban J connectivity index is 1.90. The van der Waals surface area contributed by atoms with E-state index in [1.54, 1.807) is 11.6 Å². The highest BCUT2D eigenvalue weighted by Gasteiger charge is 2.53. The van der Waals surface area contributed by atoms with E-state index in [9.17, 15) is 9.90 Å². The van der Waals surface area contributed by atoms with Gasteiger partial charge in [0.2, 0.25) is 5.91 Å². The fraction of sp³-hybridized carbons (Fsp3) is 0.278. The summed E-state index contributed by atoms with van der Waals surface area (Å²) in [6.45, 7) is 3.77. The van der Waals surface area contributed by atoms with Crippen LogP contribution in [0.4, 0.5) is 0 Å².